The number of nitrogen functional groups attached to an aromatic ring is 1. The molecular formula is C14H16N4O5S. The molecule has 128 valence electrons. The SMILES string of the molecule is Nn1c(N2CCOCC2)c(S)oc1=Nc1ccc(O)c(C(=O)O)c1. The lowest BCUT2D eigenvalue weighted by Crippen LogP contribution is -2.40. The smallest absolute Gasteiger partial charge is 0.339 e. The maximum Gasteiger partial charge on any atom is 0.339 e. The van der Waals surface area contributed by atoms with Gasteiger partial charge >= 0.3 is 11.7 Å². The summed E-state index contributed by atoms with van der Waals surface area (Å²) in [7, 11) is 0. The van der Waals surface area contributed by atoms with Crippen LogP contribution in [-0.4, -0.2) is 47.2 Å². The maximum atomic E-state index is 11.1. The standard InChI is InChI=1S/C14H16N4O5S/c15-18-11(17-3-5-22-6-4-17)13(24)23-14(18)16-8-1-2-10(19)9(7-8)12(20)21/h1-2,7,19,24H,3-6,15H2,(H,20,21). The number of aromatic carboxylic acids is 1. The highest BCUT2D eigenvalue weighted by Crippen LogP contribution is 2.25. The van der Waals surface area contributed by atoms with Crippen molar-refractivity contribution in [3.05, 3.63) is 29.4 Å². The van der Waals surface area contributed by atoms with E-state index in [9.17, 15) is 9.90 Å². The van der Waals surface area contributed by atoms with Crippen molar-refractivity contribution in [3.8, 4) is 5.75 Å². The van der Waals surface area contributed by atoms with Gasteiger partial charge in [0.2, 0.25) is 5.09 Å². The number of aromatic nitrogens is 1. The zero-order valence-corrected chi connectivity index (χ0v) is 13.4. The Morgan fingerprint density at radius 2 is 2.04 bits per heavy atom. The Kier molecular flexibility index (Phi) is 4.40. The summed E-state index contributed by atoms with van der Waals surface area (Å²) in [5.74, 6) is 5.01. The van der Waals surface area contributed by atoms with E-state index in [-0.39, 0.29) is 22.7 Å². The van der Waals surface area contributed by atoms with Crippen LogP contribution >= 0.6 is 12.6 Å². The van der Waals surface area contributed by atoms with Crippen LogP contribution in [-0.2, 0) is 4.74 Å². The molecule has 0 spiro atoms. The lowest BCUT2D eigenvalue weighted by Gasteiger charge is -2.27. The fourth-order valence-corrected chi connectivity index (χ4v) is 2.72. The number of nitrogens with zero attached hydrogens (tertiary/aromatic N) is 3. The lowest BCUT2D eigenvalue weighted by atomic mass is 10.2. The minimum Gasteiger partial charge on any atom is -0.507 e. The molecular weight excluding hydrogens is 336 g/mol. The predicted molar refractivity (Wildman–Crippen MR) is 87.4 cm³/mol. The number of morpholine rings is 1. The summed E-state index contributed by atoms with van der Waals surface area (Å²) in [6.45, 7) is 2.44. The van der Waals surface area contributed by atoms with Gasteiger partial charge < -0.3 is 30.1 Å². The molecule has 1 aliphatic rings. The van der Waals surface area contributed by atoms with E-state index in [0.717, 1.165) is 0 Å². The van der Waals surface area contributed by atoms with Gasteiger partial charge in [0.05, 0.1) is 18.9 Å². The number of thiol groups is 1. The number of carbonyl (C=O) groups is 1. The first-order valence-electron chi connectivity index (χ1n) is 7.11. The van der Waals surface area contributed by atoms with E-state index < -0.39 is 5.97 Å². The highest BCUT2D eigenvalue weighted by atomic mass is 32.1. The molecule has 0 unspecified atom stereocenters. The third kappa shape index (κ3) is 3.05. The molecule has 3 rings (SSSR count). The van der Waals surface area contributed by atoms with Crippen LogP contribution in [0.15, 0.2) is 32.7 Å². The molecule has 0 radical (unpaired) electrons. The molecule has 2 heterocycles. The number of benzene rings is 1. The maximum absolute atomic E-state index is 11.1. The summed E-state index contributed by atoms with van der Waals surface area (Å²) in [5.41, 5.74) is 0.0782. The van der Waals surface area contributed by atoms with Crippen molar-refractivity contribution in [3.63, 3.8) is 0 Å². The minimum absolute atomic E-state index is 0.0588. The molecule has 24 heavy (non-hydrogen) atoms. The van der Waals surface area contributed by atoms with Crippen LogP contribution in [0.25, 0.3) is 0 Å². The first-order valence-corrected chi connectivity index (χ1v) is 7.55. The van der Waals surface area contributed by atoms with Crippen LogP contribution in [0.1, 0.15) is 10.4 Å². The van der Waals surface area contributed by atoms with E-state index in [1.54, 1.807) is 0 Å². The normalized spacial score (nSPS) is 15.7. The van der Waals surface area contributed by atoms with Crippen molar-refractivity contribution in [2.45, 2.75) is 5.09 Å². The van der Waals surface area contributed by atoms with Crippen LogP contribution < -0.4 is 16.4 Å². The number of phenols is 1. The van der Waals surface area contributed by atoms with Crippen molar-refractivity contribution in [1.82, 2.24) is 4.68 Å². The molecule has 0 amide bonds. The number of hydrogen-bond donors (Lipinski definition) is 4. The van der Waals surface area contributed by atoms with E-state index in [2.05, 4.69) is 17.6 Å². The molecule has 10 heteroatoms. The van der Waals surface area contributed by atoms with E-state index >= 15 is 0 Å². The summed E-state index contributed by atoms with van der Waals surface area (Å²) in [5, 5.41) is 18.9. The molecule has 1 saturated heterocycles. The third-order valence-electron chi connectivity index (χ3n) is 3.56. The van der Waals surface area contributed by atoms with Crippen molar-refractivity contribution in [2.75, 3.05) is 37.0 Å². The molecule has 2 aromatic rings. The lowest BCUT2D eigenvalue weighted by molar-refractivity contribution is 0.0693. The van der Waals surface area contributed by atoms with Gasteiger partial charge in [-0.2, -0.15) is 9.67 Å². The van der Waals surface area contributed by atoms with Gasteiger partial charge in [0, 0.05) is 13.1 Å². The third-order valence-corrected chi connectivity index (χ3v) is 3.85. The van der Waals surface area contributed by atoms with Crippen LogP contribution in [0.4, 0.5) is 11.5 Å². The molecule has 9 nitrogen and oxygen atoms in total. The Labute approximate surface area is 142 Å². The van der Waals surface area contributed by atoms with Gasteiger partial charge in [0.25, 0.3) is 0 Å². The van der Waals surface area contributed by atoms with Crippen molar-refractivity contribution in [1.29, 1.82) is 0 Å². The number of aromatic hydroxyl groups is 1. The second-order valence-electron chi connectivity index (χ2n) is 5.10. The van der Waals surface area contributed by atoms with Crippen molar-refractivity contribution >= 4 is 30.1 Å². The molecule has 0 bridgehead atoms. The Hall–Kier alpha value is -2.59. The number of anilines is 1. The zero-order chi connectivity index (χ0) is 17.3. The van der Waals surface area contributed by atoms with Gasteiger partial charge in [-0.1, -0.05) is 0 Å². The molecule has 4 N–H and O–H groups in total. The van der Waals surface area contributed by atoms with Crippen LogP contribution in [0.3, 0.4) is 0 Å². The van der Waals surface area contributed by atoms with Gasteiger partial charge in [-0.05, 0) is 18.2 Å². The topological polar surface area (TPSA) is 126 Å². The number of hydrogen-bond acceptors (Lipinski definition) is 8. The number of rotatable bonds is 3. The molecule has 1 aliphatic heterocycles. The highest BCUT2D eigenvalue weighted by molar-refractivity contribution is 7.80. The summed E-state index contributed by atoms with van der Waals surface area (Å²) < 4.78 is 12.0. The van der Waals surface area contributed by atoms with Gasteiger partial charge in [-0.3, -0.25) is 0 Å². The molecule has 1 aromatic carbocycles. The van der Waals surface area contributed by atoms with Crippen LogP contribution in [0, 0.1) is 0 Å². The predicted octanol–water partition coefficient (Wildman–Crippen LogP) is 0.556. The quantitative estimate of drug-likeness (QED) is 0.469. The van der Waals surface area contributed by atoms with Crippen molar-refractivity contribution in [2.24, 2.45) is 4.99 Å². The number of carboxylic acids is 1. The van der Waals surface area contributed by atoms with Crippen LogP contribution in [0.5, 0.6) is 5.75 Å². The summed E-state index contributed by atoms with van der Waals surface area (Å²) in [6, 6.07) is 3.93. The first kappa shape index (κ1) is 16.3. The summed E-state index contributed by atoms with van der Waals surface area (Å²) in [6.07, 6.45) is 0. The highest BCUT2D eigenvalue weighted by Gasteiger charge is 2.21. The monoisotopic (exact) mass is 352 g/mol. The second kappa shape index (κ2) is 6.49. The summed E-state index contributed by atoms with van der Waals surface area (Å²) in [4.78, 5) is 17.2. The minimum atomic E-state index is -1.26. The average Bonchev–Trinajstić information content (AvgIpc) is 2.83. The Morgan fingerprint density at radius 3 is 2.71 bits per heavy atom. The van der Waals surface area contributed by atoms with Crippen molar-refractivity contribution < 1.29 is 24.2 Å². The Bertz CT molecular complexity index is 838. The van der Waals surface area contributed by atoms with E-state index in [4.69, 9.17) is 20.1 Å². The summed E-state index contributed by atoms with van der Waals surface area (Å²) >= 11 is 4.29. The first-order chi connectivity index (χ1) is 11.5. The van der Waals surface area contributed by atoms with E-state index in [1.165, 1.54) is 22.9 Å². The van der Waals surface area contributed by atoms with E-state index in [0.29, 0.717) is 37.2 Å². The Balaban J connectivity index is 2.02. The largest absolute Gasteiger partial charge is 0.507 e. The molecule has 0 atom stereocenters. The van der Waals surface area contributed by atoms with Gasteiger partial charge in [-0.15, -0.1) is 12.6 Å². The van der Waals surface area contributed by atoms with Crippen LogP contribution in [0.2, 0.25) is 0 Å². The average molecular weight is 352 g/mol. The number of ether oxygens (including phenoxy) is 1. The molecule has 1 aromatic heterocycles. The molecule has 1 fully saturated rings. The van der Waals surface area contributed by atoms with Gasteiger partial charge in [0.1, 0.15) is 11.3 Å². The zero-order valence-electron chi connectivity index (χ0n) is 12.5. The van der Waals surface area contributed by atoms with E-state index in [1.807, 2.05) is 4.90 Å². The number of carboxylic acid groups (broad SMARTS) is 1. The van der Waals surface area contributed by atoms with Gasteiger partial charge in [0.15, 0.2) is 5.82 Å². The fraction of sp³-hybridized carbons (Fsp3) is 0.286. The number of oxazole rings is 1. The molecule has 0 aliphatic carbocycles. The molecule has 0 saturated carbocycles. The van der Waals surface area contributed by atoms with Gasteiger partial charge in [-0.25, -0.2) is 4.79 Å². The number of nitrogens with two attached hydrogens (primary N) is 1. The Morgan fingerprint density at radius 1 is 1.33 bits per heavy atom. The second-order valence-corrected chi connectivity index (χ2v) is 5.51. The fourth-order valence-electron chi connectivity index (χ4n) is 2.39.